The molecule has 0 aliphatic carbocycles. The fraction of sp³-hybridized carbons (Fsp3) is 0.375. The van der Waals surface area contributed by atoms with Gasteiger partial charge in [0.05, 0.1) is 0 Å². The zero-order chi connectivity index (χ0) is 14.4. The molecular formula is C16H20ClN3. The van der Waals surface area contributed by atoms with Gasteiger partial charge in [0.15, 0.2) is 0 Å². The van der Waals surface area contributed by atoms with Crippen molar-refractivity contribution in [1.29, 1.82) is 0 Å². The van der Waals surface area contributed by atoms with Gasteiger partial charge in [-0.15, -0.1) is 11.6 Å². The van der Waals surface area contributed by atoms with E-state index in [1.807, 2.05) is 24.5 Å². The number of aryl methyl sites for hydroxylation is 1. The van der Waals surface area contributed by atoms with Gasteiger partial charge < -0.3 is 4.90 Å². The van der Waals surface area contributed by atoms with E-state index in [9.17, 15) is 0 Å². The van der Waals surface area contributed by atoms with Crippen LogP contribution in [0.1, 0.15) is 30.2 Å². The minimum Gasteiger partial charge on any atom is -0.355 e. The molecule has 2 rings (SSSR count). The van der Waals surface area contributed by atoms with E-state index >= 15 is 0 Å². The molecule has 0 radical (unpaired) electrons. The third kappa shape index (κ3) is 3.94. The Balaban J connectivity index is 2.19. The van der Waals surface area contributed by atoms with Crippen LogP contribution in [0.5, 0.6) is 0 Å². The highest BCUT2D eigenvalue weighted by Gasteiger charge is 2.07. The van der Waals surface area contributed by atoms with E-state index < -0.39 is 0 Å². The van der Waals surface area contributed by atoms with Crippen LogP contribution >= 0.6 is 11.6 Å². The minimum absolute atomic E-state index is 0.523. The maximum Gasteiger partial charge on any atom is 0.129 e. The Labute approximate surface area is 125 Å². The zero-order valence-electron chi connectivity index (χ0n) is 12.0. The van der Waals surface area contributed by atoms with Crippen molar-refractivity contribution in [2.24, 2.45) is 0 Å². The molecule has 0 unspecified atom stereocenters. The molecule has 0 bridgehead atoms. The second-order valence-corrected chi connectivity index (χ2v) is 5.19. The summed E-state index contributed by atoms with van der Waals surface area (Å²) in [7, 11) is 2.05. The molecule has 0 saturated heterocycles. The molecule has 20 heavy (non-hydrogen) atoms. The van der Waals surface area contributed by atoms with Gasteiger partial charge in [0.2, 0.25) is 0 Å². The van der Waals surface area contributed by atoms with Gasteiger partial charge in [-0.25, -0.2) is 4.98 Å². The van der Waals surface area contributed by atoms with Crippen LogP contribution in [0.4, 0.5) is 5.82 Å². The smallest absolute Gasteiger partial charge is 0.129 e. The molecule has 0 saturated carbocycles. The first-order valence-electron chi connectivity index (χ1n) is 6.88. The van der Waals surface area contributed by atoms with Gasteiger partial charge in [0.1, 0.15) is 5.82 Å². The van der Waals surface area contributed by atoms with Gasteiger partial charge in [0.25, 0.3) is 0 Å². The largest absolute Gasteiger partial charge is 0.355 e. The number of hydrogen-bond acceptors (Lipinski definition) is 3. The second-order valence-electron chi connectivity index (χ2n) is 4.92. The lowest BCUT2D eigenvalue weighted by molar-refractivity contribution is 0.845. The maximum absolute atomic E-state index is 5.98. The van der Waals surface area contributed by atoms with Crippen molar-refractivity contribution >= 4 is 17.4 Å². The molecule has 2 aromatic rings. The molecule has 0 aliphatic rings. The first-order valence-corrected chi connectivity index (χ1v) is 7.42. The normalized spacial score (nSPS) is 10.6. The van der Waals surface area contributed by atoms with Crippen molar-refractivity contribution in [3.05, 3.63) is 53.5 Å². The van der Waals surface area contributed by atoms with E-state index in [1.165, 1.54) is 5.56 Å². The molecule has 0 aliphatic heterocycles. The van der Waals surface area contributed by atoms with Crippen molar-refractivity contribution in [3.8, 4) is 0 Å². The summed E-state index contributed by atoms with van der Waals surface area (Å²) in [5.41, 5.74) is 3.46. The minimum atomic E-state index is 0.523. The average molecular weight is 290 g/mol. The summed E-state index contributed by atoms with van der Waals surface area (Å²) >= 11 is 5.98. The summed E-state index contributed by atoms with van der Waals surface area (Å²) < 4.78 is 0. The molecular weight excluding hydrogens is 270 g/mol. The summed E-state index contributed by atoms with van der Waals surface area (Å²) in [5, 5.41) is 0. The number of anilines is 1. The van der Waals surface area contributed by atoms with Crippen LogP contribution in [0.2, 0.25) is 0 Å². The number of hydrogen-bond donors (Lipinski definition) is 0. The summed E-state index contributed by atoms with van der Waals surface area (Å²) in [6, 6.07) is 8.21. The lowest BCUT2D eigenvalue weighted by Gasteiger charge is -2.20. The summed E-state index contributed by atoms with van der Waals surface area (Å²) in [6.07, 6.45) is 5.70. The third-order valence-corrected chi connectivity index (χ3v) is 3.45. The Hall–Kier alpha value is -1.61. The Morgan fingerprint density at radius 3 is 2.55 bits per heavy atom. The third-order valence-electron chi connectivity index (χ3n) is 3.15. The van der Waals surface area contributed by atoms with Gasteiger partial charge in [-0.05, 0) is 41.8 Å². The summed E-state index contributed by atoms with van der Waals surface area (Å²) in [6.45, 7) is 2.97. The number of aromatic nitrogens is 2. The van der Waals surface area contributed by atoms with E-state index in [1.54, 1.807) is 0 Å². The van der Waals surface area contributed by atoms with E-state index in [0.717, 1.165) is 36.5 Å². The molecule has 106 valence electrons. The number of alkyl halides is 1. The topological polar surface area (TPSA) is 29.0 Å². The maximum atomic E-state index is 5.98. The van der Waals surface area contributed by atoms with E-state index in [4.69, 9.17) is 16.6 Å². The van der Waals surface area contributed by atoms with Crippen LogP contribution in [-0.4, -0.2) is 17.0 Å². The highest BCUT2D eigenvalue weighted by Crippen LogP contribution is 2.18. The molecule has 3 nitrogen and oxygen atoms in total. The van der Waals surface area contributed by atoms with E-state index in [-0.39, 0.29) is 0 Å². The fourth-order valence-electron chi connectivity index (χ4n) is 2.13. The molecule has 0 N–H and O–H groups in total. The van der Waals surface area contributed by atoms with Crippen LogP contribution in [0.25, 0.3) is 0 Å². The van der Waals surface area contributed by atoms with Crippen LogP contribution in [-0.2, 0) is 18.8 Å². The Kier molecular flexibility index (Phi) is 5.36. The number of halogens is 1. The van der Waals surface area contributed by atoms with Crippen LogP contribution in [0.15, 0.2) is 36.7 Å². The SMILES string of the molecule is CCCc1cc(CCl)cc(N(C)Cc2ccncc2)n1. The molecule has 2 aromatic heterocycles. The first-order chi connectivity index (χ1) is 9.72. The highest BCUT2D eigenvalue weighted by atomic mass is 35.5. The van der Waals surface area contributed by atoms with Crippen molar-refractivity contribution in [1.82, 2.24) is 9.97 Å². The first kappa shape index (κ1) is 14.8. The molecule has 4 heteroatoms. The quantitative estimate of drug-likeness (QED) is 0.757. The molecule has 0 spiro atoms. The highest BCUT2D eigenvalue weighted by molar-refractivity contribution is 6.17. The van der Waals surface area contributed by atoms with Crippen LogP contribution in [0, 0.1) is 0 Å². The number of pyridine rings is 2. The predicted octanol–water partition coefficient (Wildman–Crippen LogP) is 3.80. The van der Waals surface area contributed by atoms with Crippen LogP contribution < -0.4 is 4.90 Å². The van der Waals surface area contributed by atoms with E-state index in [0.29, 0.717) is 5.88 Å². The molecule has 2 heterocycles. The molecule has 0 atom stereocenters. The standard InChI is InChI=1S/C16H20ClN3/c1-3-4-15-9-14(11-17)10-16(19-15)20(2)12-13-5-7-18-8-6-13/h5-10H,3-4,11-12H2,1-2H3. The summed E-state index contributed by atoms with van der Waals surface area (Å²) in [5.74, 6) is 1.50. The van der Waals surface area contributed by atoms with E-state index in [2.05, 4.69) is 36.0 Å². The average Bonchev–Trinajstić information content (AvgIpc) is 2.48. The Morgan fingerprint density at radius 2 is 1.90 bits per heavy atom. The lowest BCUT2D eigenvalue weighted by Crippen LogP contribution is -2.18. The van der Waals surface area contributed by atoms with Crippen molar-refractivity contribution in [2.45, 2.75) is 32.2 Å². The van der Waals surface area contributed by atoms with Gasteiger partial charge in [-0.3, -0.25) is 4.98 Å². The monoisotopic (exact) mass is 289 g/mol. The number of rotatable bonds is 6. The Bertz CT molecular complexity index is 543. The molecule has 0 amide bonds. The van der Waals surface area contributed by atoms with Gasteiger partial charge in [0, 0.05) is 37.6 Å². The second kappa shape index (κ2) is 7.25. The van der Waals surface area contributed by atoms with Crippen LogP contribution in [0.3, 0.4) is 0 Å². The van der Waals surface area contributed by atoms with Gasteiger partial charge >= 0.3 is 0 Å². The molecule has 0 fully saturated rings. The Morgan fingerprint density at radius 1 is 1.15 bits per heavy atom. The fourth-order valence-corrected chi connectivity index (χ4v) is 2.29. The van der Waals surface area contributed by atoms with Crippen molar-refractivity contribution in [3.63, 3.8) is 0 Å². The number of nitrogens with zero attached hydrogens (tertiary/aromatic N) is 3. The molecule has 0 aromatic carbocycles. The summed E-state index contributed by atoms with van der Waals surface area (Å²) in [4.78, 5) is 10.9. The van der Waals surface area contributed by atoms with Gasteiger partial charge in [-0.2, -0.15) is 0 Å². The van der Waals surface area contributed by atoms with Crippen molar-refractivity contribution in [2.75, 3.05) is 11.9 Å². The predicted molar refractivity (Wildman–Crippen MR) is 84.1 cm³/mol. The lowest BCUT2D eigenvalue weighted by atomic mass is 10.1. The van der Waals surface area contributed by atoms with Crippen molar-refractivity contribution < 1.29 is 0 Å². The van der Waals surface area contributed by atoms with Gasteiger partial charge in [-0.1, -0.05) is 13.3 Å². The zero-order valence-corrected chi connectivity index (χ0v) is 12.8.